The van der Waals surface area contributed by atoms with Crippen LogP contribution in [0, 0.1) is 6.92 Å². The van der Waals surface area contributed by atoms with Crippen molar-refractivity contribution in [3.8, 4) is 11.5 Å². The topological polar surface area (TPSA) is 67.9 Å². The van der Waals surface area contributed by atoms with Crippen LogP contribution in [0.1, 0.15) is 25.3 Å². The second-order valence-corrected chi connectivity index (χ2v) is 7.13. The van der Waals surface area contributed by atoms with Crippen molar-refractivity contribution in [3.05, 3.63) is 47.0 Å². The Balaban J connectivity index is 1.70. The minimum Gasteiger partial charge on any atom is -0.494 e. The molecule has 7 heteroatoms. The fraction of sp³-hybridized carbons (Fsp3) is 0.333. The molecular formula is C21H23ClN2O4. The number of halogens is 1. The monoisotopic (exact) mass is 402 g/mol. The van der Waals surface area contributed by atoms with Gasteiger partial charge in [0.2, 0.25) is 5.91 Å². The fourth-order valence-electron chi connectivity index (χ4n) is 3.11. The number of rotatable bonds is 6. The van der Waals surface area contributed by atoms with Crippen LogP contribution >= 0.6 is 11.6 Å². The zero-order chi connectivity index (χ0) is 20.3. The molecule has 2 amide bonds. The summed E-state index contributed by atoms with van der Waals surface area (Å²) in [4.78, 5) is 26.2. The maximum Gasteiger partial charge on any atom is 0.265 e. The molecule has 1 unspecified atom stereocenters. The van der Waals surface area contributed by atoms with Gasteiger partial charge < -0.3 is 19.7 Å². The number of hydrogen-bond acceptors (Lipinski definition) is 4. The molecule has 0 aliphatic carbocycles. The highest BCUT2D eigenvalue weighted by Gasteiger charge is 2.25. The summed E-state index contributed by atoms with van der Waals surface area (Å²) in [5.41, 5.74) is 2.14. The molecule has 1 aliphatic heterocycles. The summed E-state index contributed by atoms with van der Waals surface area (Å²) in [6.45, 7) is 4.22. The molecule has 2 aromatic carbocycles. The number of carbonyl (C=O) groups is 2. The first-order chi connectivity index (χ1) is 13.4. The van der Waals surface area contributed by atoms with Crippen molar-refractivity contribution in [1.82, 2.24) is 0 Å². The van der Waals surface area contributed by atoms with E-state index in [1.54, 1.807) is 55.3 Å². The van der Waals surface area contributed by atoms with Gasteiger partial charge in [-0.05, 0) is 56.2 Å². The van der Waals surface area contributed by atoms with Crippen LogP contribution in [0.2, 0.25) is 5.02 Å². The van der Waals surface area contributed by atoms with Crippen LogP contribution < -0.4 is 19.7 Å². The van der Waals surface area contributed by atoms with Gasteiger partial charge in [-0.25, -0.2) is 0 Å². The van der Waals surface area contributed by atoms with Crippen molar-refractivity contribution in [1.29, 1.82) is 0 Å². The number of anilines is 2. The average molecular weight is 403 g/mol. The number of ether oxygens (including phenoxy) is 2. The predicted octanol–water partition coefficient (Wildman–Crippen LogP) is 4.19. The van der Waals surface area contributed by atoms with E-state index in [4.69, 9.17) is 21.1 Å². The van der Waals surface area contributed by atoms with E-state index in [1.807, 2.05) is 6.92 Å². The van der Waals surface area contributed by atoms with Crippen LogP contribution in [0.5, 0.6) is 11.5 Å². The molecule has 1 N–H and O–H groups in total. The van der Waals surface area contributed by atoms with Gasteiger partial charge in [-0.3, -0.25) is 9.59 Å². The summed E-state index contributed by atoms with van der Waals surface area (Å²) in [6, 6.07) is 10.5. The van der Waals surface area contributed by atoms with Crippen molar-refractivity contribution in [2.24, 2.45) is 0 Å². The van der Waals surface area contributed by atoms with Crippen LogP contribution in [-0.4, -0.2) is 31.6 Å². The van der Waals surface area contributed by atoms with E-state index in [-0.39, 0.29) is 11.8 Å². The highest BCUT2D eigenvalue weighted by molar-refractivity contribution is 6.30. The number of carbonyl (C=O) groups excluding carboxylic acids is 2. The summed E-state index contributed by atoms with van der Waals surface area (Å²) in [6.07, 6.45) is 0.672. The van der Waals surface area contributed by atoms with Crippen molar-refractivity contribution in [3.63, 3.8) is 0 Å². The van der Waals surface area contributed by atoms with E-state index in [0.717, 1.165) is 12.0 Å². The molecule has 1 atom stereocenters. The molecule has 2 aromatic rings. The van der Waals surface area contributed by atoms with Gasteiger partial charge in [-0.15, -0.1) is 0 Å². The van der Waals surface area contributed by atoms with Gasteiger partial charge in [0.1, 0.15) is 11.5 Å². The van der Waals surface area contributed by atoms with Crippen LogP contribution in [-0.2, 0) is 9.59 Å². The molecule has 0 radical (unpaired) electrons. The lowest BCUT2D eigenvalue weighted by Gasteiger charge is -2.20. The quantitative estimate of drug-likeness (QED) is 0.786. The van der Waals surface area contributed by atoms with E-state index in [2.05, 4.69) is 5.32 Å². The minimum absolute atomic E-state index is 0.0791. The highest BCUT2D eigenvalue weighted by Crippen LogP contribution is 2.34. The Labute approximate surface area is 169 Å². The maximum atomic E-state index is 12.5. The minimum atomic E-state index is -0.703. The lowest BCUT2D eigenvalue weighted by atomic mass is 10.2. The first-order valence-electron chi connectivity index (χ1n) is 9.11. The first kappa shape index (κ1) is 20.0. The van der Waals surface area contributed by atoms with Crippen molar-refractivity contribution in [2.75, 3.05) is 23.9 Å². The van der Waals surface area contributed by atoms with Crippen LogP contribution in [0.15, 0.2) is 36.4 Å². The molecule has 1 aliphatic rings. The summed E-state index contributed by atoms with van der Waals surface area (Å²) in [5, 5.41) is 3.44. The Morgan fingerprint density at radius 2 is 2.00 bits per heavy atom. The summed E-state index contributed by atoms with van der Waals surface area (Å²) in [5.74, 6) is 0.930. The summed E-state index contributed by atoms with van der Waals surface area (Å²) >= 11 is 5.95. The van der Waals surface area contributed by atoms with E-state index in [0.29, 0.717) is 40.9 Å². The van der Waals surface area contributed by atoms with E-state index < -0.39 is 6.10 Å². The number of amides is 2. The summed E-state index contributed by atoms with van der Waals surface area (Å²) < 4.78 is 11.2. The Morgan fingerprint density at radius 1 is 1.21 bits per heavy atom. The molecule has 3 rings (SSSR count). The SMILES string of the molecule is COc1cc(NC(=O)C(C)Oc2ccc(Cl)cc2C)ccc1N1CCCC1=O. The fourth-order valence-corrected chi connectivity index (χ4v) is 3.34. The Morgan fingerprint density at radius 3 is 2.64 bits per heavy atom. The van der Waals surface area contributed by atoms with Gasteiger partial charge in [0, 0.05) is 29.7 Å². The largest absolute Gasteiger partial charge is 0.494 e. The van der Waals surface area contributed by atoms with Crippen molar-refractivity contribution >= 4 is 34.8 Å². The third-order valence-electron chi connectivity index (χ3n) is 4.62. The predicted molar refractivity (Wildman–Crippen MR) is 109 cm³/mol. The average Bonchev–Trinajstić information content (AvgIpc) is 3.09. The van der Waals surface area contributed by atoms with Gasteiger partial charge in [-0.1, -0.05) is 11.6 Å². The third kappa shape index (κ3) is 4.39. The van der Waals surface area contributed by atoms with Crippen molar-refractivity contribution < 1.29 is 19.1 Å². The normalized spacial score (nSPS) is 14.7. The molecule has 0 saturated carbocycles. The maximum absolute atomic E-state index is 12.5. The number of hydrogen-bond donors (Lipinski definition) is 1. The highest BCUT2D eigenvalue weighted by atomic mass is 35.5. The number of methoxy groups -OCH3 is 1. The summed E-state index contributed by atoms with van der Waals surface area (Å²) in [7, 11) is 1.54. The molecule has 1 saturated heterocycles. The molecular weight excluding hydrogens is 380 g/mol. The molecule has 1 fully saturated rings. The van der Waals surface area contributed by atoms with E-state index in [9.17, 15) is 9.59 Å². The standard InChI is InChI=1S/C21H23ClN2O4/c1-13-11-15(22)6-9-18(13)28-14(2)21(26)23-16-7-8-17(19(12-16)27-3)24-10-4-5-20(24)25/h6-9,11-12,14H,4-5,10H2,1-3H3,(H,23,26). The Hall–Kier alpha value is -2.73. The lowest BCUT2D eigenvalue weighted by Crippen LogP contribution is -2.30. The van der Waals surface area contributed by atoms with E-state index >= 15 is 0 Å². The zero-order valence-electron chi connectivity index (χ0n) is 16.1. The van der Waals surface area contributed by atoms with Gasteiger partial charge >= 0.3 is 0 Å². The van der Waals surface area contributed by atoms with Gasteiger partial charge in [-0.2, -0.15) is 0 Å². The molecule has 1 heterocycles. The Bertz CT molecular complexity index is 900. The third-order valence-corrected chi connectivity index (χ3v) is 4.86. The second kappa shape index (κ2) is 8.52. The van der Waals surface area contributed by atoms with Crippen LogP contribution in [0.4, 0.5) is 11.4 Å². The molecule has 6 nitrogen and oxygen atoms in total. The molecule has 148 valence electrons. The van der Waals surface area contributed by atoms with Gasteiger partial charge in [0.15, 0.2) is 6.10 Å². The smallest absolute Gasteiger partial charge is 0.265 e. The Kier molecular flexibility index (Phi) is 6.09. The van der Waals surface area contributed by atoms with Gasteiger partial charge in [0.25, 0.3) is 5.91 Å². The molecule has 0 aromatic heterocycles. The molecule has 28 heavy (non-hydrogen) atoms. The zero-order valence-corrected chi connectivity index (χ0v) is 16.9. The van der Waals surface area contributed by atoms with Crippen LogP contribution in [0.3, 0.4) is 0 Å². The van der Waals surface area contributed by atoms with E-state index in [1.165, 1.54) is 0 Å². The van der Waals surface area contributed by atoms with Gasteiger partial charge in [0.05, 0.1) is 12.8 Å². The number of nitrogens with zero attached hydrogens (tertiary/aromatic N) is 1. The lowest BCUT2D eigenvalue weighted by molar-refractivity contribution is -0.122. The van der Waals surface area contributed by atoms with Crippen LogP contribution in [0.25, 0.3) is 0 Å². The molecule has 0 spiro atoms. The molecule has 0 bridgehead atoms. The second-order valence-electron chi connectivity index (χ2n) is 6.69. The number of benzene rings is 2. The number of nitrogens with one attached hydrogen (secondary N) is 1. The van der Waals surface area contributed by atoms with Crippen molar-refractivity contribution in [2.45, 2.75) is 32.8 Å². The number of aryl methyl sites for hydroxylation is 1. The first-order valence-corrected chi connectivity index (χ1v) is 9.49.